The molecular formula is C12H12Cl2N6. The van der Waals surface area contributed by atoms with Gasteiger partial charge >= 0.3 is 0 Å². The molecule has 0 radical (unpaired) electrons. The molecule has 0 aliphatic carbocycles. The topological polar surface area (TPSA) is 74.5 Å². The summed E-state index contributed by atoms with van der Waals surface area (Å²) in [5, 5.41) is 8.66. The lowest BCUT2D eigenvalue weighted by Crippen LogP contribution is -2.07. The summed E-state index contributed by atoms with van der Waals surface area (Å²) in [6, 6.07) is 3.52. The standard InChI is InChI=1S/C12H12Cl2N6/c13-8-6-10-11(7-9(8)14)20(12(15)17-10)4-1-3-19-5-2-16-18-19/h2,5-7H,1,3-4H2,(H2,15,17). The van der Waals surface area contributed by atoms with E-state index in [1.54, 1.807) is 23.0 Å². The molecule has 2 aromatic heterocycles. The van der Waals surface area contributed by atoms with Crippen LogP contribution in [-0.4, -0.2) is 24.5 Å². The van der Waals surface area contributed by atoms with Gasteiger partial charge in [-0.15, -0.1) is 5.10 Å². The summed E-state index contributed by atoms with van der Waals surface area (Å²) in [7, 11) is 0. The Morgan fingerprint density at radius 2 is 1.95 bits per heavy atom. The fourth-order valence-corrected chi connectivity index (χ4v) is 2.43. The lowest BCUT2D eigenvalue weighted by atomic mass is 10.3. The van der Waals surface area contributed by atoms with E-state index in [1.807, 2.05) is 10.8 Å². The van der Waals surface area contributed by atoms with Crippen molar-refractivity contribution in [1.82, 2.24) is 24.5 Å². The van der Waals surface area contributed by atoms with Gasteiger partial charge in [-0.3, -0.25) is 4.68 Å². The van der Waals surface area contributed by atoms with Gasteiger partial charge in [-0.1, -0.05) is 28.4 Å². The van der Waals surface area contributed by atoms with Crippen LogP contribution in [0.1, 0.15) is 6.42 Å². The number of benzene rings is 1. The number of aromatic nitrogens is 5. The first-order valence-corrected chi connectivity index (χ1v) is 6.85. The van der Waals surface area contributed by atoms with Crippen LogP contribution in [0.25, 0.3) is 11.0 Å². The van der Waals surface area contributed by atoms with Gasteiger partial charge in [-0.2, -0.15) is 0 Å². The quantitative estimate of drug-likeness (QED) is 0.803. The van der Waals surface area contributed by atoms with Crippen molar-refractivity contribution in [2.75, 3.05) is 5.73 Å². The maximum absolute atomic E-state index is 6.05. The van der Waals surface area contributed by atoms with Crippen molar-refractivity contribution in [2.45, 2.75) is 19.5 Å². The number of anilines is 1. The van der Waals surface area contributed by atoms with Crippen molar-refractivity contribution in [3.63, 3.8) is 0 Å². The molecule has 3 rings (SSSR count). The van der Waals surface area contributed by atoms with Crippen molar-refractivity contribution in [2.24, 2.45) is 0 Å². The number of hydrogen-bond donors (Lipinski definition) is 1. The van der Waals surface area contributed by atoms with Crippen molar-refractivity contribution in [1.29, 1.82) is 0 Å². The molecule has 0 bridgehead atoms. The second-order valence-corrected chi connectivity index (χ2v) is 5.21. The van der Waals surface area contributed by atoms with E-state index in [1.165, 1.54) is 0 Å². The number of halogens is 2. The van der Waals surface area contributed by atoms with Crippen LogP contribution >= 0.6 is 23.2 Å². The van der Waals surface area contributed by atoms with E-state index in [0.29, 0.717) is 16.0 Å². The molecule has 2 N–H and O–H groups in total. The molecule has 0 aliphatic rings. The molecule has 0 unspecified atom stereocenters. The molecule has 0 fully saturated rings. The summed E-state index contributed by atoms with van der Waals surface area (Å²) in [6.45, 7) is 1.49. The Morgan fingerprint density at radius 3 is 2.70 bits per heavy atom. The third-order valence-corrected chi connectivity index (χ3v) is 3.78. The Morgan fingerprint density at radius 1 is 1.15 bits per heavy atom. The average molecular weight is 311 g/mol. The van der Waals surface area contributed by atoms with Gasteiger partial charge in [-0.05, 0) is 18.6 Å². The number of nitrogens with zero attached hydrogens (tertiary/aromatic N) is 5. The van der Waals surface area contributed by atoms with Gasteiger partial charge in [0.05, 0.1) is 27.3 Å². The zero-order valence-corrected chi connectivity index (χ0v) is 12.0. The largest absolute Gasteiger partial charge is 0.369 e. The van der Waals surface area contributed by atoms with Crippen molar-refractivity contribution < 1.29 is 0 Å². The van der Waals surface area contributed by atoms with Crippen molar-refractivity contribution in [3.05, 3.63) is 34.6 Å². The number of nitrogens with two attached hydrogens (primary N) is 1. The first-order valence-electron chi connectivity index (χ1n) is 6.10. The normalized spacial score (nSPS) is 11.3. The van der Waals surface area contributed by atoms with E-state index in [0.717, 1.165) is 30.5 Å². The van der Waals surface area contributed by atoms with Crippen LogP contribution in [0.2, 0.25) is 10.0 Å². The fourth-order valence-electron chi connectivity index (χ4n) is 2.12. The lowest BCUT2D eigenvalue weighted by molar-refractivity contribution is 0.521. The highest BCUT2D eigenvalue weighted by Crippen LogP contribution is 2.29. The Hall–Kier alpha value is -1.79. The Balaban J connectivity index is 1.83. The first-order chi connectivity index (χ1) is 9.65. The molecule has 0 aliphatic heterocycles. The molecule has 3 aromatic rings. The second-order valence-electron chi connectivity index (χ2n) is 4.40. The van der Waals surface area contributed by atoms with Gasteiger partial charge in [0.1, 0.15) is 0 Å². The van der Waals surface area contributed by atoms with Gasteiger partial charge in [0.2, 0.25) is 5.95 Å². The zero-order chi connectivity index (χ0) is 14.1. The van der Waals surface area contributed by atoms with Crippen molar-refractivity contribution >= 4 is 40.2 Å². The van der Waals surface area contributed by atoms with Crippen molar-refractivity contribution in [3.8, 4) is 0 Å². The molecule has 104 valence electrons. The Kier molecular flexibility index (Phi) is 3.50. The van der Waals surface area contributed by atoms with Gasteiger partial charge < -0.3 is 10.3 Å². The Bertz CT molecular complexity index is 734. The molecule has 0 saturated carbocycles. The summed E-state index contributed by atoms with van der Waals surface area (Å²) in [4.78, 5) is 4.29. The number of rotatable bonds is 4. The van der Waals surface area contributed by atoms with Gasteiger partial charge in [-0.25, -0.2) is 4.98 Å². The number of aryl methyl sites for hydroxylation is 2. The third kappa shape index (κ3) is 2.44. The highest BCUT2D eigenvalue weighted by atomic mass is 35.5. The SMILES string of the molecule is Nc1nc2cc(Cl)c(Cl)cc2n1CCCn1ccnn1. The number of nitrogen functional groups attached to an aromatic ring is 1. The van der Waals surface area contributed by atoms with Gasteiger partial charge in [0.15, 0.2) is 0 Å². The summed E-state index contributed by atoms with van der Waals surface area (Å²) >= 11 is 12.0. The monoisotopic (exact) mass is 310 g/mol. The average Bonchev–Trinajstić information content (AvgIpc) is 3.01. The molecule has 6 nitrogen and oxygen atoms in total. The minimum Gasteiger partial charge on any atom is -0.369 e. The predicted octanol–water partition coefficient (Wildman–Crippen LogP) is 2.61. The Labute approximate surface area is 125 Å². The van der Waals surface area contributed by atoms with Crippen LogP contribution in [-0.2, 0) is 13.1 Å². The van der Waals surface area contributed by atoms with Gasteiger partial charge in [0, 0.05) is 19.3 Å². The van der Waals surface area contributed by atoms with Gasteiger partial charge in [0.25, 0.3) is 0 Å². The van der Waals surface area contributed by atoms with Crippen LogP contribution in [0, 0.1) is 0 Å². The molecular weight excluding hydrogens is 299 g/mol. The fraction of sp³-hybridized carbons (Fsp3) is 0.250. The minimum absolute atomic E-state index is 0.455. The van der Waals surface area contributed by atoms with Crippen LogP contribution in [0.3, 0.4) is 0 Å². The highest BCUT2D eigenvalue weighted by molar-refractivity contribution is 6.42. The summed E-state index contributed by atoms with van der Waals surface area (Å²) in [5.74, 6) is 0.455. The molecule has 0 saturated heterocycles. The minimum atomic E-state index is 0.455. The molecule has 8 heteroatoms. The second kappa shape index (κ2) is 5.30. The summed E-state index contributed by atoms with van der Waals surface area (Å²) in [5.41, 5.74) is 7.58. The molecule has 20 heavy (non-hydrogen) atoms. The molecule has 2 heterocycles. The number of imidazole rings is 1. The highest BCUT2D eigenvalue weighted by Gasteiger charge is 2.10. The van der Waals surface area contributed by atoms with Crippen LogP contribution in [0.5, 0.6) is 0 Å². The molecule has 0 atom stereocenters. The summed E-state index contributed by atoms with van der Waals surface area (Å²) in [6.07, 6.45) is 4.34. The van der Waals surface area contributed by atoms with E-state index in [9.17, 15) is 0 Å². The lowest BCUT2D eigenvalue weighted by Gasteiger charge is -2.06. The predicted molar refractivity (Wildman–Crippen MR) is 78.8 cm³/mol. The number of hydrogen-bond acceptors (Lipinski definition) is 4. The van der Waals surface area contributed by atoms with Crippen LogP contribution in [0.15, 0.2) is 24.5 Å². The van der Waals surface area contributed by atoms with E-state index in [4.69, 9.17) is 28.9 Å². The van der Waals surface area contributed by atoms with E-state index >= 15 is 0 Å². The molecule has 0 spiro atoms. The molecule has 0 amide bonds. The van der Waals surface area contributed by atoms with E-state index < -0.39 is 0 Å². The summed E-state index contributed by atoms with van der Waals surface area (Å²) < 4.78 is 3.70. The third-order valence-electron chi connectivity index (χ3n) is 3.06. The first kappa shape index (κ1) is 13.2. The van der Waals surface area contributed by atoms with E-state index in [-0.39, 0.29) is 0 Å². The molecule has 1 aromatic carbocycles. The zero-order valence-electron chi connectivity index (χ0n) is 10.5. The van der Waals surface area contributed by atoms with E-state index in [2.05, 4.69) is 15.3 Å². The maximum atomic E-state index is 6.05. The van der Waals surface area contributed by atoms with Crippen LogP contribution in [0.4, 0.5) is 5.95 Å². The van der Waals surface area contributed by atoms with Crippen LogP contribution < -0.4 is 5.73 Å². The number of fused-ring (bicyclic) bond motifs is 1. The smallest absolute Gasteiger partial charge is 0.201 e. The maximum Gasteiger partial charge on any atom is 0.201 e.